The summed E-state index contributed by atoms with van der Waals surface area (Å²) in [6.07, 6.45) is 3.60. The molecule has 0 aliphatic rings. The van der Waals surface area contributed by atoms with Crippen molar-refractivity contribution in [3.05, 3.63) is 48.8 Å². The second kappa shape index (κ2) is 8.06. The van der Waals surface area contributed by atoms with Gasteiger partial charge in [0.2, 0.25) is 0 Å². The summed E-state index contributed by atoms with van der Waals surface area (Å²) in [4.78, 5) is 10.7. The number of thiocarbonyl (C=S) groups is 1. The molecular formula is C17H19N3S2. The molecule has 5 heteroatoms. The van der Waals surface area contributed by atoms with Crippen molar-refractivity contribution in [2.24, 2.45) is 0 Å². The first kappa shape index (κ1) is 16.6. The normalized spacial score (nSPS) is 10.1. The monoisotopic (exact) mass is 329 g/mol. The third-order valence-corrected chi connectivity index (χ3v) is 3.92. The van der Waals surface area contributed by atoms with E-state index in [2.05, 4.69) is 60.7 Å². The van der Waals surface area contributed by atoms with Crippen LogP contribution in [-0.2, 0) is 0 Å². The molecule has 3 rings (SSSR count). The van der Waals surface area contributed by atoms with Crippen LogP contribution in [-0.4, -0.2) is 32.3 Å². The van der Waals surface area contributed by atoms with Crippen LogP contribution in [0.1, 0.15) is 13.8 Å². The van der Waals surface area contributed by atoms with Gasteiger partial charge in [-0.25, -0.2) is 0 Å². The van der Waals surface area contributed by atoms with E-state index in [0.29, 0.717) is 4.32 Å². The Balaban J connectivity index is 0.000000192. The summed E-state index contributed by atoms with van der Waals surface area (Å²) in [7, 11) is 0. The third kappa shape index (κ3) is 3.93. The van der Waals surface area contributed by atoms with Crippen molar-refractivity contribution in [1.29, 1.82) is 0 Å². The molecule has 0 fully saturated rings. The maximum absolute atomic E-state index is 4.81. The van der Waals surface area contributed by atoms with E-state index >= 15 is 0 Å². The Morgan fingerprint density at radius 2 is 1.41 bits per heavy atom. The molecule has 2 aromatic heterocycles. The average molecular weight is 329 g/mol. The molecule has 0 saturated carbocycles. The molecule has 1 aromatic carbocycles. The van der Waals surface area contributed by atoms with Gasteiger partial charge in [-0.15, -0.1) is 12.6 Å². The average Bonchev–Trinajstić information content (AvgIpc) is 2.56. The van der Waals surface area contributed by atoms with E-state index in [4.69, 9.17) is 12.2 Å². The zero-order valence-corrected chi connectivity index (χ0v) is 14.4. The summed E-state index contributed by atoms with van der Waals surface area (Å²) in [5.74, 6) is 0. The van der Waals surface area contributed by atoms with Crippen LogP contribution in [0.3, 0.4) is 0 Å². The van der Waals surface area contributed by atoms with Gasteiger partial charge in [-0.3, -0.25) is 9.97 Å². The van der Waals surface area contributed by atoms with Crippen molar-refractivity contribution in [2.75, 3.05) is 13.1 Å². The number of hydrogen-bond acceptors (Lipinski definition) is 3. The fourth-order valence-corrected chi connectivity index (χ4v) is 2.71. The number of nitrogens with zero attached hydrogens (tertiary/aromatic N) is 3. The van der Waals surface area contributed by atoms with E-state index < -0.39 is 0 Å². The smallest absolute Gasteiger partial charge is 0.133 e. The number of aromatic nitrogens is 2. The molecule has 0 bridgehead atoms. The molecular weight excluding hydrogens is 310 g/mol. The van der Waals surface area contributed by atoms with Gasteiger partial charge in [0.05, 0.1) is 11.0 Å². The largest absolute Gasteiger partial charge is 0.358 e. The fraction of sp³-hybridized carbons (Fsp3) is 0.235. The first-order valence-corrected chi connectivity index (χ1v) is 8.09. The zero-order chi connectivity index (χ0) is 15.9. The van der Waals surface area contributed by atoms with E-state index in [1.807, 2.05) is 17.0 Å². The second-order valence-corrected chi connectivity index (χ2v) is 5.78. The Bertz CT molecular complexity index is 715. The van der Waals surface area contributed by atoms with E-state index in [1.165, 1.54) is 0 Å². The molecule has 0 unspecified atom stereocenters. The van der Waals surface area contributed by atoms with Crippen LogP contribution in [0.4, 0.5) is 0 Å². The lowest BCUT2D eigenvalue weighted by Gasteiger charge is -2.16. The Hall–Kier alpha value is -1.72. The van der Waals surface area contributed by atoms with Crippen LogP contribution in [0, 0.1) is 0 Å². The topological polar surface area (TPSA) is 29.0 Å². The number of rotatable bonds is 2. The molecule has 0 spiro atoms. The number of pyridine rings is 2. The first-order valence-electron chi connectivity index (χ1n) is 7.23. The predicted molar refractivity (Wildman–Crippen MR) is 102 cm³/mol. The maximum atomic E-state index is 4.81. The maximum Gasteiger partial charge on any atom is 0.133 e. The summed E-state index contributed by atoms with van der Waals surface area (Å²) in [5.41, 5.74) is 1.95. The quantitative estimate of drug-likeness (QED) is 0.430. The van der Waals surface area contributed by atoms with Gasteiger partial charge < -0.3 is 4.90 Å². The lowest BCUT2D eigenvalue weighted by Crippen LogP contribution is -2.24. The molecule has 22 heavy (non-hydrogen) atoms. The Kier molecular flexibility index (Phi) is 6.10. The second-order valence-electron chi connectivity index (χ2n) is 4.67. The fourth-order valence-electron chi connectivity index (χ4n) is 2.17. The minimum atomic E-state index is 0.690. The summed E-state index contributed by atoms with van der Waals surface area (Å²) in [6.45, 7) is 6.04. The van der Waals surface area contributed by atoms with Gasteiger partial charge in [-0.05, 0) is 26.0 Å². The molecule has 0 amide bonds. The van der Waals surface area contributed by atoms with Crippen LogP contribution in [0.15, 0.2) is 48.8 Å². The lowest BCUT2D eigenvalue weighted by molar-refractivity contribution is 0.482. The standard InChI is InChI=1S/C12H8N2.C5H11NS2/c1-3-9-5-6-10-4-2-8-14-12(10)11(9)13-7-1;1-3-6(4-2)5(7)8/h1-8H;3-4H2,1-2H3,(H,7,8). The van der Waals surface area contributed by atoms with Crippen molar-refractivity contribution >= 4 is 51.0 Å². The third-order valence-electron chi connectivity index (χ3n) is 3.38. The SMILES string of the molecule is CCN(CC)C(=S)S.c1cnc2c(c1)ccc1cccnc12. The Morgan fingerprint density at radius 1 is 0.955 bits per heavy atom. The minimum absolute atomic E-state index is 0.690. The minimum Gasteiger partial charge on any atom is -0.358 e. The van der Waals surface area contributed by atoms with Crippen molar-refractivity contribution in [1.82, 2.24) is 14.9 Å². The summed E-state index contributed by atoms with van der Waals surface area (Å²) < 4.78 is 0.690. The Morgan fingerprint density at radius 3 is 1.73 bits per heavy atom. The van der Waals surface area contributed by atoms with Gasteiger partial charge in [0.15, 0.2) is 0 Å². The highest BCUT2D eigenvalue weighted by Gasteiger charge is 2.00. The highest BCUT2D eigenvalue weighted by Crippen LogP contribution is 2.20. The molecule has 0 N–H and O–H groups in total. The highest BCUT2D eigenvalue weighted by atomic mass is 32.1. The van der Waals surface area contributed by atoms with Gasteiger partial charge in [0.1, 0.15) is 4.32 Å². The highest BCUT2D eigenvalue weighted by molar-refractivity contribution is 8.10. The number of benzene rings is 1. The van der Waals surface area contributed by atoms with Gasteiger partial charge in [0.25, 0.3) is 0 Å². The molecule has 2 heterocycles. The molecule has 0 aliphatic heterocycles. The van der Waals surface area contributed by atoms with Gasteiger partial charge >= 0.3 is 0 Å². The summed E-state index contributed by atoms with van der Waals surface area (Å²) >= 11 is 8.82. The van der Waals surface area contributed by atoms with Crippen molar-refractivity contribution in [2.45, 2.75) is 13.8 Å². The summed E-state index contributed by atoms with van der Waals surface area (Å²) in [5, 5.41) is 2.28. The molecule has 114 valence electrons. The zero-order valence-electron chi connectivity index (χ0n) is 12.7. The number of fused-ring (bicyclic) bond motifs is 3. The molecule has 0 saturated heterocycles. The van der Waals surface area contributed by atoms with Crippen LogP contribution in [0.5, 0.6) is 0 Å². The molecule has 0 radical (unpaired) electrons. The van der Waals surface area contributed by atoms with Crippen molar-refractivity contribution in [3.63, 3.8) is 0 Å². The molecule has 3 nitrogen and oxygen atoms in total. The molecule has 0 atom stereocenters. The van der Waals surface area contributed by atoms with E-state index in [-0.39, 0.29) is 0 Å². The first-order chi connectivity index (χ1) is 10.7. The van der Waals surface area contributed by atoms with Gasteiger partial charge in [-0.2, -0.15) is 0 Å². The van der Waals surface area contributed by atoms with Gasteiger partial charge in [-0.1, -0.05) is 36.5 Å². The lowest BCUT2D eigenvalue weighted by atomic mass is 10.1. The molecule has 0 aliphatic carbocycles. The van der Waals surface area contributed by atoms with Crippen molar-refractivity contribution < 1.29 is 0 Å². The molecule has 3 aromatic rings. The number of thiol groups is 1. The van der Waals surface area contributed by atoms with Crippen LogP contribution in [0.2, 0.25) is 0 Å². The van der Waals surface area contributed by atoms with Crippen LogP contribution in [0.25, 0.3) is 21.8 Å². The van der Waals surface area contributed by atoms with Crippen molar-refractivity contribution in [3.8, 4) is 0 Å². The van der Waals surface area contributed by atoms with E-state index in [9.17, 15) is 0 Å². The predicted octanol–water partition coefficient (Wildman–Crippen LogP) is 4.33. The van der Waals surface area contributed by atoms with Gasteiger partial charge in [0, 0.05) is 36.3 Å². The van der Waals surface area contributed by atoms with Crippen LogP contribution >= 0.6 is 24.8 Å². The number of hydrogen-bond donors (Lipinski definition) is 1. The van der Waals surface area contributed by atoms with Crippen LogP contribution < -0.4 is 0 Å². The Labute approximate surface area is 141 Å². The summed E-state index contributed by atoms with van der Waals surface area (Å²) in [6, 6.07) is 12.1. The van der Waals surface area contributed by atoms with E-state index in [1.54, 1.807) is 12.4 Å². The van der Waals surface area contributed by atoms with E-state index in [0.717, 1.165) is 34.9 Å².